The molecule has 0 aromatic heterocycles. The van der Waals surface area contributed by atoms with Crippen LogP contribution in [0.25, 0.3) is 0 Å². The average molecular weight is 242 g/mol. The maximum Gasteiger partial charge on any atom is 0.100 e. The highest BCUT2D eigenvalue weighted by atomic mass is 127. The Morgan fingerprint density at radius 3 is 2.67 bits per heavy atom. The van der Waals surface area contributed by atoms with Crippen molar-refractivity contribution in [3.8, 4) is 0 Å². The summed E-state index contributed by atoms with van der Waals surface area (Å²) in [5.74, 6) is 0.675. The Morgan fingerprint density at radius 1 is 1.44 bits per heavy atom. The Hall–Kier alpha value is 0.660. The third-order valence-corrected chi connectivity index (χ3v) is 3.18. The Labute approximate surface area is 69.4 Å². The van der Waals surface area contributed by atoms with Gasteiger partial charge in [-0.2, -0.15) is 0 Å². The van der Waals surface area contributed by atoms with Crippen LogP contribution in [0.1, 0.15) is 25.7 Å². The molecule has 0 N–H and O–H groups in total. The zero-order valence-electron chi connectivity index (χ0n) is 5.45. The first-order valence-corrected chi connectivity index (χ1v) is 5.05. The van der Waals surface area contributed by atoms with Gasteiger partial charge in [-0.15, -0.1) is 0 Å². The Balaban J connectivity index is 2.23. The summed E-state index contributed by atoms with van der Waals surface area (Å²) in [6, 6.07) is 0. The molecule has 2 heteroatoms. The van der Waals surface area contributed by atoms with Gasteiger partial charge < -0.3 is 0 Å². The minimum absolute atomic E-state index is 0.487. The van der Waals surface area contributed by atoms with Crippen LogP contribution in [-0.2, 0) is 0 Å². The van der Waals surface area contributed by atoms with Crippen molar-refractivity contribution in [2.75, 3.05) is 4.43 Å². The standard InChI is InChI=1S/C7H12FI/c8-7-3-1-2-6(4-7)5-9/h6-7H,1-5H2/t6-,7+/m1/s1. The van der Waals surface area contributed by atoms with Crippen LogP contribution in [0.5, 0.6) is 0 Å². The first-order chi connectivity index (χ1) is 4.33. The highest BCUT2D eigenvalue weighted by molar-refractivity contribution is 14.1. The number of halogens is 2. The van der Waals surface area contributed by atoms with Gasteiger partial charge in [0.15, 0.2) is 0 Å². The van der Waals surface area contributed by atoms with Gasteiger partial charge in [-0.3, -0.25) is 0 Å². The van der Waals surface area contributed by atoms with E-state index in [2.05, 4.69) is 22.6 Å². The van der Waals surface area contributed by atoms with Crippen LogP contribution in [0, 0.1) is 5.92 Å². The molecule has 1 aliphatic rings. The molecule has 1 saturated carbocycles. The fraction of sp³-hybridized carbons (Fsp3) is 1.00. The molecule has 0 radical (unpaired) electrons. The molecule has 0 spiro atoms. The van der Waals surface area contributed by atoms with Crippen LogP contribution < -0.4 is 0 Å². The number of rotatable bonds is 1. The van der Waals surface area contributed by atoms with Crippen LogP contribution in [0.4, 0.5) is 4.39 Å². The second-order valence-corrected chi connectivity index (χ2v) is 3.67. The smallest absolute Gasteiger partial charge is 0.100 e. The first kappa shape index (κ1) is 7.76. The minimum Gasteiger partial charge on any atom is -0.247 e. The van der Waals surface area contributed by atoms with Crippen molar-refractivity contribution in [1.82, 2.24) is 0 Å². The van der Waals surface area contributed by atoms with E-state index in [0.717, 1.165) is 23.7 Å². The second-order valence-electron chi connectivity index (χ2n) is 2.78. The summed E-state index contributed by atoms with van der Waals surface area (Å²) in [4.78, 5) is 0. The predicted molar refractivity (Wildman–Crippen MR) is 45.7 cm³/mol. The lowest BCUT2D eigenvalue weighted by atomic mass is 9.90. The SMILES string of the molecule is F[C@H]1CCC[C@@H](CI)C1. The molecule has 0 aliphatic heterocycles. The quantitative estimate of drug-likeness (QED) is 0.489. The third-order valence-electron chi connectivity index (χ3n) is 1.94. The van der Waals surface area contributed by atoms with Gasteiger partial charge in [0.05, 0.1) is 0 Å². The summed E-state index contributed by atoms with van der Waals surface area (Å²) in [5.41, 5.74) is 0. The Kier molecular flexibility index (Phi) is 3.22. The minimum atomic E-state index is -0.487. The second kappa shape index (κ2) is 3.74. The summed E-state index contributed by atoms with van der Waals surface area (Å²) < 4.78 is 13.8. The zero-order chi connectivity index (χ0) is 6.69. The van der Waals surface area contributed by atoms with Crippen molar-refractivity contribution in [1.29, 1.82) is 0 Å². The topological polar surface area (TPSA) is 0 Å². The van der Waals surface area contributed by atoms with Gasteiger partial charge in [0.25, 0.3) is 0 Å². The summed E-state index contributed by atoms with van der Waals surface area (Å²) in [5, 5.41) is 0. The van der Waals surface area contributed by atoms with Gasteiger partial charge in [-0.05, 0) is 25.2 Å². The highest BCUT2D eigenvalue weighted by Gasteiger charge is 2.19. The van der Waals surface area contributed by atoms with Gasteiger partial charge in [0, 0.05) is 4.43 Å². The zero-order valence-corrected chi connectivity index (χ0v) is 7.60. The number of hydrogen-bond donors (Lipinski definition) is 0. The summed E-state index contributed by atoms with van der Waals surface area (Å²) in [6.07, 6.45) is 3.51. The summed E-state index contributed by atoms with van der Waals surface area (Å²) >= 11 is 2.35. The molecule has 0 unspecified atom stereocenters. The molecule has 1 aliphatic carbocycles. The molecular formula is C7H12FI. The molecule has 0 aromatic carbocycles. The first-order valence-electron chi connectivity index (χ1n) is 3.53. The van der Waals surface area contributed by atoms with E-state index in [-0.39, 0.29) is 0 Å². The molecule has 0 bridgehead atoms. The Morgan fingerprint density at radius 2 is 2.22 bits per heavy atom. The van der Waals surface area contributed by atoms with Crippen molar-refractivity contribution in [3.63, 3.8) is 0 Å². The molecule has 1 fully saturated rings. The fourth-order valence-corrected chi connectivity index (χ4v) is 2.17. The van der Waals surface area contributed by atoms with E-state index in [1.807, 2.05) is 0 Å². The van der Waals surface area contributed by atoms with Crippen molar-refractivity contribution < 1.29 is 4.39 Å². The van der Waals surface area contributed by atoms with E-state index in [4.69, 9.17) is 0 Å². The Bertz CT molecular complexity index is 85.0. The van der Waals surface area contributed by atoms with E-state index < -0.39 is 6.17 Å². The molecule has 9 heavy (non-hydrogen) atoms. The van der Waals surface area contributed by atoms with E-state index in [9.17, 15) is 4.39 Å². The average Bonchev–Trinajstić information content (AvgIpc) is 1.88. The van der Waals surface area contributed by atoms with Crippen LogP contribution >= 0.6 is 22.6 Å². The fourth-order valence-electron chi connectivity index (χ4n) is 1.37. The summed E-state index contributed by atoms with van der Waals surface area (Å²) in [7, 11) is 0. The lowest BCUT2D eigenvalue weighted by molar-refractivity contribution is 0.212. The van der Waals surface area contributed by atoms with Crippen molar-refractivity contribution in [3.05, 3.63) is 0 Å². The van der Waals surface area contributed by atoms with Crippen LogP contribution in [0.2, 0.25) is 0 Å². The van der Waals surface area contributed by atoms with Crippen LogP contribution in [0.15, 0.2) is 0 Å². The van der Waals surface area contributed by atoms with Crippen molar-refractivity contribution in [2.24, 2.45) is 5.92 Å². The molecule has 54 valence electrons. The predicted octanol–water partition coefficient (Wildman–Crippen LogP) is 2.95. The lowest BCUT2D eigenvalue weighted by Crippen LogP contribution is -2.16. The van der Waals surface area contributed by atoms with Gasteiger partial charge in [-0.1, -0.05) is 29.0 Å². The molecule has 2 atom stereocenters. The summed E-state index contributed by atoms with van der Waals surface area (Å²) in [6.45, 7) is 0. The molecule has 0 aromatic rings. The maximum absolute atomic E-state index is 12.6. The van der Waals surface area contributed by atoms with Gasteiger partial charge >= 0.3 is 0 Å². The molecular weight excluding hydrogens is 230 g/mol. The lowest BCUT2D eigenvalue weighted by Gasteiger charge is -2.22. The molecule has 1 rings (SSSR count). The third kappa shape index (κ3) is 2.40. The normalized spacial score (nSPS) is 36.7. The molecule has 0 amide bonds. The van der Waals surface area contributed by atoms with E-state index in [1.165, 1.54) is 6.42 Å². The maximum atomic E-state index is 12.6. The molecule has 0 saturated heterocycles. The molecule has 0 nitrogen and oxygen atoms in total. The van der Waals surface area contributed by atoms with Gasteiger partial charge in [0.1, 0.15) is 6.17 Å². The van der Waals surface area contributed by atoms with Gasteiger partial charge in [-0.25, -0.2) is 4.39 Å². The largest absolute Gasteiger partial charge is 0.247 e. The van der Waals surface area contributed by atoms with E-state index >= 15 is 0 Å². The number of alkyl halides is 2. The monoisotopic (exact) mass is 242 g/mol. The van der Waals surface area contributed by atoms with Gasteiger partial charge in [0.2, 0.25) is 0 Å². The van der Waals surface area contributed by atoms with Crippen molar-refractivity contribution >= 4 is 22.6 Å². The van der Waals surface area contributed by atoms with E-state index in [1.54, 1.807) is 0 Å². The van der Waals surface area contributed by atoms with Crippen LogP contribution in [-0.4, -0.2) is 10.6 Å². The molecule has 0 heterocycles. The van der Waals surface area contributed by atoms with Crippen molar-refractivity contribution in [2.45, 2.75) is 31.9 Å². The van der Waals surface area contributed by atoms with Crippen LogP contribution in [0.3, 0.4) is 0 Å². The number of hydrogen-bond acceptors (Lipinski definition) is 0. The highest BCUT2D eigenvalue weighted by Crippen LogP contribution is 2.27. The van der Waals surface area contributed by atoms with E-state index in [0.29, 0.717) is 5.92 Å².